The Labute approximate surface area is 161 Å². The average Bonchev–Trinajstić information content (AvgIpc) is 2.62. The number of rotatable bonds is 10. The molecule has 0 amide bonds. The lowest BCUT2D eigenvalue weighted by atomic mass is 10.1. The van der Waals surface area contributed by atoms with Crippen LogP contribution in [-0.2, 0) is 20.7 Å². The number of ether oxygens (including phenoxy) is 2. The maximum atomic E-state index is 11.5. The lowest BCUT2D eigenvalue weighted by Crippen LogP contribution is -2.07. The number of carbonyl (C=O) groups is 2. The predicted molar refractivity (Wildman–Crippen MR) is 108 cm³/mol. The molecular formula is C23H26O4. The first-order chi connectivity index (χ1) is 12.8. The highest BCUT2D eigenvalue weighted by atomic mass is 16.5. The maximum absolute atomic E-state index is 11.5. The van der Waals surface area contributed by atoms with E-state index in [1.807, 2.05) is 30.4 Å². The Bertz CT molecular complexity index is 764. The van der Waals surface area contributed by atoms with Crippen LogP contribution in [0, 0.1) is 0 Å². The zero-order chi connectivity index (χ0) is 20.2. The van der Waals surface area contributed by atoms with E-state index in [4.69, 9.17) is 9.47 Å². The Morgan fingerprint density at radius 1 is 1.04 bits per heavy atom. The molecule has 0 bridgehead atoms. The van der Waals surface area contributed by atoms with E-state index < -0.39 is 5.97 Å². The third-order valence-electron chi connectivity index (χ3n) is 3.47. The van der Waals surface area contributed by atoms with Gasteiger partial charge in [-0.15, -0.1) is 0 Å². The van der Waals surface area contributed by atoms with Crippen LogP contribution in [0.15, 0.2) is 85.0 Å². The molecule has 0 aliphatic rings. The van der Waals surface area contributed by atoms with E-state index in [0.717, 1.165) is 17.6 Å². The third kappa shape index (κ3) is 8.68. The Morgan fingerprint density at radius 2 is 1.67 bits per heavy atom. The molecule has 1 rings (SSSR count). The summed E-state index contributed by atoms with van der Waals surface area (Å²) in [6.07, 6.45) is 8.89. The summed E-state index contributed by atoms with van der Waals surface area (Å²) < 4.78 is 10.3. The summed E-state index contributed by atoms with van der Waals surface area (Å²) >= 11 is 0. The van der Waals surface area contributed by atoms with Gasteiger partial charge < -0.3 is 9.47 Å². The van der Waals surface area contributed by atoms with Crippen molar-refractivity contribution in [3.8, 4) is 5.75 Å². The smallest absolute Gasteiger partial charge is 0.338 e. The van der Waals surface area contributed by atoms with Crippen molar-refractivity contribution < 1.29 is 19.1 Å². The topological polar surface area (TPSA) is 52.6 Å². The van der Waals surface area contributed by atoms with Crippen molar-refractivity contribution in [2.24, 2.45) is 0 Å². The Balaban J connectivity index is 2.56. The van der Waals surface area contributed by atoms with Crippen molar-refractivity contribution in [1.82, 2.24) is 0 Å². The largest absolute Gasteiger partial charge is 0.462 e. The Hall–Kier alpha value is -3.14. The second kappa shape index (κ2) is 11.5. The van der Waals surface area contributed by atoms with E-state index in [2.05, 4.69) is 19.7 Å². The minimum absolute atomic E-state index is 0.290. The molecule has 4 heteroatoms. The van der Waals surface area contributed by atoms with E-state index in [9.17, 15) is 9.59 Å². The van der Waals surface area contributed by atoms with E-state index in [1.54, 1.807) is 32.1 Å². The summed E-state index contributed by atoms with van der Waals surface area (Å²) in [5.41, 5.74) is 2.83. The first-order valence-corrected chi connectivity index (χ1v) is 8.61. The van der Waals surface area contributed by atoms with Crippen molar-refractivity contribution in [3.63, 3.8) is 0 Å². The fourth-order valence-corrected chi connectivity index (χ4v) is 1.99. The molecule has 0 saturated heterocycles. The Morgan fingerprint density at radius 3 is 2.22 bits per heavy atom. The molecule has 0 atom stereocenters. The average molecular weight is 366 g/mol. The summed E-state index contributed by atoms with van der Waals surface area (Å²) in [6.45, 7) is 14.3. The summed E-state index contributed by atoms with van der Waals surface area (Å²) in [5, 5.41) is 0. The van der Waals surface area contributed by atoms with Gasteiger partial charge in [0.25, 0.3) is 0 Å². The van der Waals surface area contributed by atoms with Crippen LogP contribution in [-0.4, -0.2) is 18.5 Å². The molecule has 0 spiro atoms. The van der Waals surface area contributed by atoms with Crippen LogP contribution in [0.4, 0.5) is 0 Å². The fraction of sp³-hybridized carbons (Fsp3) is 0.217. The molecule has 1 aromatic rings. The predicted octanol–water partition coefficient (Wildman–Crippen LogP) is 4.89. The summed E-state index contributed by atoms with van der Waals surface area (Å²) in [5.74, 6) is -0.333. The normalized spacial score (nSPS) is 11.1. The van der Waals surface area contributed by atoms with Crippen LogP contribution >= 0.6 is 0 Å². The van der Waals surface area contributed by atoms with Gasteiger partial charge in [-0.1, -0.05) is 56.2 Å². The minimum atomic E-state index is -0.436. The molecule has 27 heavy (non-hydrogen) atoms. The first-order valence-electron chi connectivity index (χ1n) is 8.61. The van der Waals surface area contributed by atoms with Crippen LogP contribution in [0.2, 0.25) is 0 Å². The van der Waals surface area contributed by atoms with Crippen molar-refractivity contribution in [2.45, 2.75) is 26.7 Å². The van der Waals surface area contributed by atoms with Gasteiger partial charge in [0.15, 0.2) is 0 Å². The number of carbonyl (C=O) groups excluding carboxylic acids is 2. The highest BCUT2D eigenvalue weighted by Crippen LogP contribution is 2.15. The lowest BCUT2D eigenvalue weighted by molar-refractivity contribution is -0.138. The highest BCUT2D eigenvalue weighted by Gasteiger charge is 2.05. The second-order valence-electron chi connectivity index (χ2n) is 6.06. The van der Waals surface area contributed by atoms with E-state index in [1.165, 1.54) is 0 Å². The minimum Gasteiger partial charge on any atom is -0.462 e. The van der Waals surface area contributed by atoms with Crippen LogP contribution < -0.4 is 4.74 Å². The van der Waals surface area contributed by atoms with Crippen molar-refractivity contribution in [1.29, 1.82) is 0 Å². The van der Waals surface area contributed by atoms with Crippen molar-refractivity contribution in [2.75, 3.05) is 6.61 Å². The molecular weight excluding hydrogens is 340 g/mol. The van der Waals surface area contributed by atoms with Gasteiger partial charge in [0.05, 0.1) is 6.61 Å². The fourth-order valence-electron chi connectivity index (χ4n) is 1.99. The molecule has 0 N–H and O–H groups in total. The Kier molecular flexibility index (Phi) is 9.30. The van der Waals surface area contributed by atoms with Crippen LogP contribution in [0.3, 0.4) is 0 Å². The molecule has 0 aromatic heterocycles. The van der Waals surface area contributed by atoms with Gasteiger partial charge in [0.1, 0.15) is 5.75 Å². The van der Waals surface area contributed by atoms with E-state index in [0.29, 0.717) is 29.9 Å². The molecule has 0 fully saturated rings. The molecule has 0 heterocycles. The van der Waals surface area contributed by atoms with Gasteiger partial charge in [-0.2, -0.15) is 0 Å². The molecule has 142 valence electrons. The van der Waals surface area contributed by atoms with Gasteiger partial charge in [-0.25, -0.2) is 9.59 Å². The van der Waals surface area contributed by atoms with Gasteiger partial charge in [-0.05, 0) is 43.5 Å². The number of hydrogen-bond donors (Lipinski definition) is 0. The SMILES string of the molecule is C=C/C=C(\C=C/Cc1ccc(OC(=O)C(=C)C)cc1)CCOC(=O)C(=C)C. The summed E-state index contributed by atoms with van der Waals surface area (Å²) in [7, 11) is 0. The molecule has 4 nitrogen and oxygen atoms in total. The van der Waals surface area contributed by atoms with Crippen molar-refractivity contribution >= 4 is 11.9 Å². The van der Waals surface area contributed by atoms with Crippen LogP contribution in [0.25, 0.3) is 0 Å². The van der Waals surface area contributed by atoms with Crippen molar-refractivity contribution in [3.05, 3.63) is 90.6 Å². The van der Waals surface area contributed by atoms with Gasteiger partial charge in [-0.3, -0.25) is 0 Å². The van der Waals surface area contributed by atoms with E-state index in [-0.39, 0.29) is 5.97 Å². The summed E-state index contributed by atoms with van der Waals surface area (Å²) in [6, 6.07) is 7.30. The van der Waals surface area contributed by atoms with Gasteiger partial charge in [0, 0.05) is 17.6 Å². The zero-order valence-corrected chi connectivity index (χ0v) is 16.0. The number of hydrogen-bond acceptors (Lipinski definition) is 4. The summed E-state index contributed by atoms with van der Waals surface area (Å²) in [4.78, 5) is 22.9. The maximum Gasteiger partial charge on any atom is 0.338 e. The standard InChI is InChI=1S/C23H26O4/c1-6-8-19(15-16-26-22(24)17(2)3)9-7-10-20-11-13-21(14-12-20)27-23(25)18(4)5/h6-9,11-14H,1-2,4,10,15-16H2,3,5H3/b9-7-,19-8+. The molecule has 0 saturated carbocycles. The quantitative estimate of drug-likeness (QED) is 0.256. The zero-order valence-electron chi connectivity index (χ0n) is 16.0. The number of benzene rings is 1. The van der Waals surface area contributed by atoms with Gasteiger partial charge >= 0.3 is 11.9 Å². The molecule has 0 radical (unpaired) electrons. The molecule has 1 aromatic carbocycles. The third-order valence-corrected chi connectivity index (χ3v) is 3.47. The monoisotopic (exact) mass is 366 g/mol. The molecule has 0 unspecified atom stereocenters. The number of esters is 2. The van der Waals surface area contributed by atoms with E-state index >= 15 is 0 Å². The van der Waals surface area contributed by atoms with Gasteiger partial charge in [0.2, 0.25) is 0 Å². The lowest BCUT2D eigenvalue weighted by Gasteiger charge is -2.05. The number of allylic oxidation sites excluding steroid dienone is 4. The van der Waals surface area contributed by atoms with Crippen LogP contribution in [0.1, 0.15) is 25.8 Å². The highest BCUT2D eigenvalue weighted by molar-refractivity contribution is 5.88. The second-order valence-corrected chi connectivity index (χ2v) is 6.06. The molecule has 0 aliphatic carbocycles. The molecule has 0 aliphatic heterocycles. The first kappa shape index (κ1) is 21.9. The van der Waals surface area contributed by atoms with Crippen LogP contribution in [0.5, 0.6) is 5.75 Å².